The number of benzene rings is 1. The van der Waals surface area contributed by atoms with Gasteiger partial charge in [0.25, 0.3) is 0 Å². The average Bonchev–Trinajstić information content (AvgIpc) is 2.50. The molecule has 4 heteroatoms. The lowest BCUT2D eigenvalue weighted by Gasteiger charge is -2.36. The Hall–Kier alpha value is -1.10. The molecule has 0 saturated heterocycles. The largest absolute Gasteiger partial charge is 0.490 e. The molecule has 0 amide bonds. The molecule has 1 aromatic carbocycles. The van der Waals surface area contributed by atoms with Crippen molar-refractivity contribution >= 4 is 0 Å². The quantitative estimate of drug-likeness (QED) is 0.651. The third-order valence-electron chi connectivity index (χ3n) is 3.96. The maximum absolute atomic E-state index is 10.6. The Morgan fingerprint density at radius 1 is 1.10 bits per heavy atom. The normalized spacial score (nSPS) is 15.7. The third kappa shape index (κ3) is 5.30. The van der Waals surface area contributed by atoms with Gasteiger partial charge in [-0.1, -0.05) is 39.0 Å². The van der Waals surface area contributed by atoms with Crippen LogP contribution in [0.4, 0.5) is 0 Å². The van der Waals surface area contributed by atoms with Crippen molar-refractivity contribution in [1.82, 2.24) is 4.90 Å². The minimum atomic E-state index is -0.551. The van der Waals surface area contributed by atoms with Gasteiger partial charge in [-0.25, -0.2) is 0 Å². The topological polar surface area (TPSA) is 52.9 Å². The van der Waals surface area contributed by atoms with Crippen LogP contribution >= 0.6 is 0 Å². The van der Waals surface area contributed by atoms with Crippen molar-refractivity contribution in [1.29, 1.82) is 0 Å². The first kappa shape index (κ1) is 18.0. The van der Waals surface area contributed by atoms with Crippen molar-refractivity contribution in [2.24, 2.45) is 5.92 Å². The lowest BCUT2D eigenvalue weighted by molar-refractivity contribution is -0.0754. The fraction of sp³-hybridized carbons (Fsp3) is 0.647. The Bertz CT molecular complexity index is 368. The van der Waals surface area contributed by atoms with Crippen LogP contribution in [0.3, 0.4) is 0 Å². The average molecular weight is 295 g/mol. The molecule has 0 fully saturated rings. The molecular weight excluding hydrogens is 266 g/mol. The van der Waals surface area contributed by atoms with Gasteiger partial charge < -0.3 is 14.9 Å². The highest BCUT2D eigenvalue weighted by molar-refractivity contribution is 5.21. The molecule has 0 radical (unpaired) electrons. The van der Waals surface area contributed by atoms with Crippen molar-refractivity contribution in [3.05, 3.63) is 30.3 Å². The molecule has 120 valence electrons. The van der Waals surface area contributed by atoms with Gasteiger partial charge in [0.2, 0.25) is 0 Å². The number of ether oxygens (including phenoxy) is 1. The molecule has 3 atom stereocenters. The second kappa shape index (κ2) is 9.77. The molecule has 0 bridgehead atoms. The molecule has 0 aromatic heterocycles. The van der Waals surface area contributed by atoms with Gasteiger partial charge in [0.05, 0.1) is 0 Å². The number of rotatable bonds is 10. The summed E-state index contributed by atoms with van der Waals surface area (Å²) in [6, 6.07) is 9.60. The first-order valence-electron chi connectivity index (χ1n) is 7.92. The number of hydrogen-bond acceptors (Lipinski definition) is 4. The van der Waals surface area contributed by atoms with Crippen molar-refractivity contribution in [3.63, 3.8) is 0 Å². The molecule has 4 nitrogen and oxygen atoms in total. The molecule has 0 aliphatic heterocycles. The number of hydrogen-bond donors (Lipinski definition) is 2. The van der Waals surface area contributed by atoms with E-state index >= 15 is 0 Å². The SMILES string of the molecule is CCC(C(CCO)Oc1ccccc1)C(O)N(CC)CC. The number of aliphatic hydroxyl groups excluding tert-OH is 2. The summed E-state index contributed by atoms with van der Waals surface area (Å²) in [4.78, 5) is 2.02. The van der Waals surface area contributed by atoms with Crippen LogP contribution in [0.2, 0.25) is 0 Å². The Labute approximate surface area is 128 Å². The maximum atomic E-state index is 10.6. The molecule has 1 aromatic rings. The van der Waals surface area contributed by atoms with Gasteiger partial charge in [-0.15, -0.1) is 0 Å². The summed E-state index contributed by atoms with van der Waals surface area (Å²) in [6.07, 6.45) is 0.573. The van der Waals surface area contributed by atoms with Gasteiger partial charge in [0, 0.05) is 18.9 Å². The van der Waals surface area contributed by atoms with Crippen LogP contribution in [0.25, 0.3) is 0 Å². The first-order chi connectivity index (χ1) is 10.2. The molecule has 0 saturated carbocycles. The van der Waals surface area contributed by atoms with Gasteiger partial charge in [-0.3, -0.25) is 4.90 Å². The van der Waals surface area contributed by atoms with Crippen molar-refractivity contribution < 1.29 is 14.9 Å². The summed E-state index contributed by atoms with van der Waals surface area (Å²) in [5, 5.41) is 19.9. The fourth-order valence-electron chi connectivity index (χ4n) is 2.70. The zero-order chi connectivity index (χ0) is 15.7. The second-order valence-corrected chi connectivity index (χ2v) is 5.19. The lowest BCUT2D eigenvalue weighted by atomic mass is 9.94. The van der Waals surface area contributed by atoms with E-state index in [2.05, 4.69) is 6.92 Å². The number of aliphatic hydroxyl groups is 2. The van der Waals surface area contributed by atoms with Crippen LogP contribution in [0.5, 0.6) is 5.75 Å². The monoisotopic (exact) mass is 295 g/mol. The van der Waals surface area contributed by atoms with Gasteiger partial charge in [-0.2, -0.15) is 0 Å². The zero-order valence-corrected chi connectivity index (χ0v) is 13.4. The standard InChI is InChI=1S/C17H29NO3/c1-4-15(17(20)18(5-2)6-3)16(12-13-19)21-14-10-8-7-9-11-14/h7-11,15-17,19-20H,4-6,12-13H2,1-3H3. The van der Waals surface area contributed by atoms with Gasteiger partial charge in [0.1, 0.15) is 18.1 Å². The van der Waals surface area contributed by atoms with Crippen LogP contribution in [-0.4, -0.2) is 47.1 Å². The smallest absolute Gasteiger partial charge is 0.119 e. The van der Waals surface area contributed by atoms with E-state index in [4.69, 9.17) is 4.74 Å². The predicted molar refractivity (Wildman–Crippen MR) is 85.3 cm³/mol. The number of nitrogens with zero attached hydrogens (tertiary/aromatic N) is 1. The summed E-state index contributed by atoms with van der Waals surface area (Å²) in [5.74, 6) is 0.749. The van der Waals surface area contributed by atoms with E-state index in [1.54, 1.807) is 0 Å². The molecule has 3 unspecified atom stereocenters. The fourth-order valence-corrected chi connectivity index (χ4v) is 2.70. The van der Waals surface area contributed by atoms with Crippen molar-refractivity contribution in [2.75, 3.05) is 19.7 Å². The van der Waals surface area contributed by atoms with Crippen LogP contribution in [0.1, 0.15) is 33.6 Å². The molecule has 1 rings (SSSR count). The summed E-state index contributed by atoms with van der Waals surface area (Å²) in [5.41, 5.74) is 0. The highest BCUT2D eigenvalue weighted by atomic mass is 16.5. The lowest BCUT2D eigenvalue weighted by Crippen LogP contribution is -2.46. The summed E-state index contributed by atoms with van der Waals surface area (Å²) in [7, 11) is 0. The Kier molecular flexibility index (Phi) is 8.35. The zero-order valence-electron chi connectivity index (χ0n) is 13.4. The van der Waals surface area contributed by atoms with E-state index in [1.165, 1.54) is 0 Å². The maximum Gasteiger partial charge on any atom is 0.119 e. The molecule has 0 aliphatic rings. The van der Waals surface area contributed by atoms with E-state index in [0.717, 1.165) is 25.3 Å². The molecule has 0 heterocycles. The van der Waals surface area contributed by atoms with Gasteiger partial charge >= 0.3 is 0 Å². The van der Waals surface area contributed by atoms with E-state index in [0.29, 0.717) is 6.42 Å². The highest BCUT2D eigenvalue weighted by Crippen LogP contribution is 2.24. The third-order valence-corrected chi connectivity index (χ3v) is 3.96. The van der Waals surface area contributed by atoms with Gasteiger partial charge in [-0.05, 0) is 31.6 Å². The van der Waals surface area contributed by atoms with Crippen LogP contribution in [0, 0.1) is 5.92 Å². The van der Waals surface area contributed by atoms with Gasteiger partial charge in [0.15, 0.2) is 0 Å². The summed E-state index contributed by atoms with van der Waals surface area (Å²) >= 11 is 0. The van der Waals surface area contributed by atoms with Crippen LogP contribution in [-0.2, 0) is 0 Å². The first-order valence-corrected chi connectivity index (χ1v) is 7.92. The minimum absolute atomic E-state index is 0.0303. The van der Waals surface area contributed by atoms with E-state index in [9.17, 15) is 10.2 Å². The Balaban J connectivity index is 2.84. The van der Waals surface area contributed by atoms with Crippen molar-refractivity contribution in [2.45, 2.75) is 45.9 Å². The molecule has 0 aliphatic carbocycles. The predicted octanol–water partition coefficient (Wildman–Crippen LogP) is 2.50. The van der Waals surface area contributed by atoms with Crippen LogP contribution in [0.15, 0.2) is 30.3 Å². The second-order valence-electron chi connectivity index (χ2n) is 5.19. The molecular formula is C17H29NO3. The Morgan fingerprint density at radius 3 is 2.19 bits per heavy atom. The van der Waals surface area contributed by atoms with Crippen LogP contribution < -0.4 is 4.74 Å². The number of para-hydroxylation sites is 1. The highest BCUT2D eigenvalue weighted by Gasteiger charge is 2.31. The van der Waals surface area contributed by atoms with E-state index in [-0.39, 0.29) is 18.6 Å². The summed E-state index contributed by atoms with van der Waals surface area (Å²) < 4.78 is 6.02. The van der Waals surface area contributed by atoms with Crippen molar-refractivity contribution in [3.8, 4) is 5.75 Å². The molecule has 0 spiro atoms. The molecule has 2 N–H and O–H groups in total. The molecule has 21 heavy (non-hydrogen) atoms. The Morgan fingerprint density at radius 2 is 1.71 bits per heavy atom. The van der Waals surface area contributed by atoms with E-state index in [1.807, 2.05) is 49.1 Å². The summed E-state index contributed by atoms with van der Waals surface area (Å²) in [6.45, 7) is 7.78. The minimum Gasteiger partial charge on any atom is -0.490 e. The van der Waals surface area contributed by atoms with E-state index < -0.39 is 6.23 Å².